The van der Waals surface area contributed by atoms with Gasteiger partial charge in [0, 0.05) is 25.9 Å². The molecule has 25 heavy (non-hydrogen) atoms. The first kappa shape index (κ1) is 17.8. The van der Waals surface area contributed by atoms with Crippen LogP contribution in [-0.2, 0) is 6.42 Å². The van der Waals surface area contributed by atoms with Crippen molar-refractivity contribution >= 4 is 6.03 Å². The van der Waals surface area contributed by atoms with Crippen LogP contribution in [0.5, 0.6) is 5.75 Å². The van der Waals surface area contributed by atoms with E-state index in [1.165, 1.54) is 4.90 Å². The number of fused-ring (bicyclic) bond motifs is 1. The molecule has 1 fully saturated rings. The summed E-state index contributed by atoms with van der Waals surface area (Å²) >= 11 is 0. The molecule has 0 saturated carbocycles. The van der Waals surface area contributed by atoms with E-state index in [2.05, 4.69) is 5.32 Å². The number of carbonyl (C=O) groups excluding carboxylic acids is 1. The Hall–Kier alpha value is -1.96. The summed E-state index contributed by atoms with van der Waals surface area (Å²) < 4.78 is 44.5. The zero-order valence-corrected chi connectivity index (χ0v) is 13.7. The van der Waals surface area contributed by atoms with E-state index in [0.29, 0.717) is 6.42 Å². The van der Waals surface area contributed by atoms with E-state index >= 15 is 0 Å². The fourth-order valence-electron chi connectivity index (χ4n) is 3.29. The summed E-state index contributed by atoms with van der Waals surface area (Å²) in [7, 11) is 0. The Labute approximate surface area is 143 Å². The molecule has 5 nitrogen and oxygen atoms in total. The number of alkyl halides is 3. The van der Waals surface area contributed by atoms with Gasteiger partial charge in [0.2, 0.25) is 0 Å². The van der Waals surface area contributed by atoms with E-state index in [-0.39, 0.29) is 38.6 Å². The number of benzene rings is 1. The van der Waals surface area contributed by atoms with E-state index in [1.54, 1.807) is 0 Å². The maximum absolute atomic E-state index is 12.9. The highest BCUT2D eigenvalue weighted by molar-refractivity contribution is 5.74. The topological polar surface area (TPSA) is 61.8 Å². The quantitative estimate of drug-likeness (QED) is 0.854. The maximum atomic E-state index is 12.9. The highest BCUT2D eigenvalue weighted by atomic mass is 19.4. The van der Waals surface area contributed by atoms with Crippen molar-refractivity contribution in [2.24, 2.45) is 0 Å². The summed E-state index contributed by atoms with van der Waals surface area (Å²) in [6.45, 7) is 0.344. The molecule has 0 bridgehead atoms. The molecule has 1 aromatic rings. The predicted octanol–water partition coefficient (Wildman–Crippen LogP) is 2.48. The minimum Gasteiger partial charge on any atom is -0.488 e. The van der Waals surface area contributed by atoms with Gasteiger partial charge in [-0.25, -0.2) is 4.79 Å². The van der Waals surface area contributed by atoms with Gasteiger partial charge in [-0.2, -0.15) is 13.2 Å². The fourth-order valence-corrected chi connectivity index (χ4v) is 3.29. The number of nitrogens with one attached hydrogen (secondary N) is 1. The smallest absolute Gasteiger partial charge is 0.417 e. The number of carbonyl (C=O) groups is 1. The molecule has 1 aromatic carbocycles. The van der Waals surface area contributed by atoms with Crippen molar-refractivity contribution in [3.05, 3.63) is 29.8 Å². The average Bonchev–Trinajstić information content (AvgIpc) is 2.86. The van der Waals surface area contributed by atoms with E-state index in [9.17, 15) is 23.1 Å². The van der Waals surface area contributed by atoms with Crippen molar-refractivity contribution < 1.29 is 27.8 Å². The second-order valence-electron chi connectivity index (χ2n) is 6.61. The van der Waals surface area contributed by atoms with Crippen molar-refractivity contribution in [2.75, 3.05) is 19.6 Å². The first-order valence-corrected chi connectivity index (χ1v) is 8.35. The lowest BCUT2D eigenvalue weighted by Crippen LogP contribution is -2.47. The predicted molar refractivity (Wildman–Crippen MR) is 84.4 cm³/mol. The molecule has 138 valence electrons. The minimum absolute atomic E-state index is 0.106. The Morgan fingerprint density at radius 2 is 2.08 bits per heavy atom. The van der Waals surface area contributed by atoms with E-state index in [1.807, 2.05) is 24.3 Å². The standard InChI is InChI=1S/C17H21F3N2O3/c18-17(19,20)16(24)6-3-8-22(9-7-16)15(23)21-11-13-10-12-4-1-2-5-14(12)25-13/h1-2,4-5,13,24H,3,6-11H2,(H,21,23). The third-order valence-electron chi connectivity index (χ3n) is 4.82. The van der Waals surface area contributed by atoms with Crippen LogP contribution in [-0.4, -0.2) is 53.6 Å². The molecule has 2 amide bonds. The number of urea groups is 1. The third-order valence-corrected chi connectivity index (χ3v) is 4.82. The van der Waals surface area contributed by atoms with E-state index < -0.39 is 24.2 Å². The van der Waals surface area contributed by atoms with Crippen LogP contribution < -0.4 is 10.1 Å². The number of ether oxygens (including phenoxy) is 1. The summed E-state index contributed by atoms with van der Waals surface area (Å²) in [6, 6.07) is 7.19. The average molecular weight is 358 g/mol. The molecule has 2 atom stereocenters. The van der Waals surface area contributed by atoms with Crippen LogP contribution in [0.1, 0.15) is 24.8 Å². The second-order valence-corrected chi connectivity index (χ2v) is 6.61. The lowest BCUT2D eigenvalue weighted by molar-refractivity contribution is -0.263. The number of hydrogen-bond acceptors (Lipinski definition) is 3. The van der Waals surface area contributed by atoms with Crippen molar-refractivity contribution in [3.8, 4) is 5.75 Å². The zero-order chi connectivity index (χ0) is 18.1. The minimum atomic E-state index is -4.68. The van der Waals surface area contributed by atoms with Gasteiger partial charge in [0.05, 0.1) is 6.54 Å². The molecule has 2 aliphatic rings. The lowest BCUT2D eigenvalue weighted by atomic mass is 9.94. The van der Waals surface area contributed by atoms with Gasteiger partial charge in [0.1, 0.15) is 11.9 Å². The molecule has 0 spiro atoms. The van der Waals surface area contributed by atoms with E-state index in [4.69, 9.17) is 4.74 Å². The van der Waals surface area contributed by atoms with Gasteiger partial charge in [0.15, 0.2) is 5.60 Å². The van der Waals surface area contributed by atoms with E-state index in [0.717, 1.165) is 11.3 Å². The molecule has 2 N–H and O–H groups in total. The fraction of sp³-hybridized carbons (Fsp3) is 0.588. The zero-order valence-electron chi connectivity index (χ0n) is 13.7. The summed E-state index contributed by atoms with van der Waals surface area (Å²) in [5, 5.41) is 12.5. The molecule has 2 unspecified atom stereocenters. The normalized spacial score (nSPS) is 26.6. The van der Waals surface area contributed by atoms with Crippen molar-refractivity contribution in [1.82, 2.24) is 10.2 Å². The van der Waals surface area contributed by atoms with Crippen LogP contribution in [0.25, 0.3) is 0 Å². The van der Waals surface area contributed by atoms with Crippen molar-refractivity contribution in [2.45, 2.75) is 43.6 Å². The van der Waals surface area contributed by atoms with Crippen LogP contribution in [0.4, 0.5) is 18.0 Å². The van der Waals surface area contributed by atoms with Crippen LogP contribution in [0.2, 0.25) is 0 Å². The van der Waals surface area contributed by atoms with Crippen LogP contribution in [0.3, 0.4) is 0 Å². The van der Waals surface area contributed by atoms with Gasteiger partial charge < -0.3 is 20.1 Å². The van der Waals surface area contributed by atoms with Crippen molar-refractivity contribution in [3.63, 3.8) is 0 Å². The molecule has 0 aliphatic carbocycles. The number of likely N-dealkylation sites (tertiary alicyclic amines) is 1. The van der Waals surface area contributed by atoms with Gasteiger partial charge in [-0.05, 0) is 24.5 Å². The number of para-hydroxylation sites is 1. The number of aliphatic hydroxyl groups is 1. The molecular formula is C17H21F3N2O3. The maximum Gasteiger partial charge on any atom is 0.417 e. The molecule has 3 rings (SSSR count). The summed E-state index contributed by atoms with van der Waals surface area (Å²) in [4.78, 5) is 13.6. The number of amides is 2. The summed E-state index contributed by atoms with van der Waals surface area (Å²) in [6.07, 6.45) is -4.96. The SMILES string of the molecule is O=C(NCC1Cc2ccccc2O1)N1CCCC(O)(C(F)(F)F)CC1. The summed E-state index contributed by atoms with van der Waals surface area (Å²) in [5.74, 6) is 0.798. The van der Waals surface area contributed by atoms with Gasteiger partial charge in [-0.1, -0.05) is 18.2 Å². The largest absolute Gasteiger partial charge is 0.488 e. The lowest BCUT2D eigenvalue weighted by Gasteiger charge is -2.29. The monoisotopic (exact) mass is 358 g/mol. The molecule has 0 aromatic heterocycles. The Kier molecular flexibility index (Phi) is 4.81. The Morgan fingerprint density at radius 1 is 1.32 bits per heavy atom. The molecule has 1 saturated heterocycles. The number of nitrogens with zero attached hydrogens (tertiary/aromatic N) is 1. The van der Waals surface area contributed by atoms with Crippen LogP contribution in [0.15, 0.2) is 24.3 Å². The number of hydrogen-bond donors (Lipinski definition) is 2. The van der Waals surface area contributed by atoms with Crippen LogP contribution >= 0.6 is 0 Å². The summed E-state index contributed by atoms with van der Waals surface area (Å²) in [5.41, 5.74) is -1.63. The highest BCUT2D eigenvalue weighted by Gasteiger charge is 2.53. The molecular weight excluding hydrogens is 337 g/mol. The second kappa shape index (κ2) is 6.74. The first-order valence-electron chi connectivity index (χ1n) is 8.35. The Balaban J connectivity index is 1.50. The van der Waals surface area contributed by atoms with Gasteiger partial charge in [-0.3, -0.25) is 0 Å². The van der Waals surface area contributed by atoms with Gasteiger partial charge >= 0.3 is 12.2 Å². The van der Waals surface area contributed by atoms with Gasteiger partial charge in [-0.15, -0.1) is 0 Å². The Morgan fingerprint density at radius 3 is 2.80 bits per heavy atom. The molecule has 0 radical (unpaired) electrons. The number of halogens is 3. The Bertz CT molecular complexity index is 613. The van der Waals surface area contributed by atoms with Crippen LogP contribution in [0, 0.1) is 0 Å². The highest BCUT2D eigenvalue weighted by Crippen LogP contribution is 2.38. The van der Waals surface area contributed by atoms with Crippen molar-refractivity contribution in [1.29, 1.82) is 0 Å². The van der Waals surface area contributed by atoms with Gasteiger partial charge in [0.25, 0.3) is 0 Å². The molecule has 2 aliphatic heterocycles. The molecule has 8 heteroatoms. The first-order chi connectivity index (χ1) is 11.8. The molecule has 2 heterocycles. The third kappa shape index (κ3) is 3.84. The number of rotatable bonds is 2.